The maximum atomic E-state index is 3.80. The van der Waals surface area contributed by atoms with Gasteiger partial charge in [-0.1, -0.05) is 26.7 Å². The molecular formula is C17H34N2. The average Bonchev–Trinajstić information content (AvgIpc) is 2.43. The summed E-state index contributed by atoms with van der Waals surface area (Å²) in [5.74, 6) is 1.99. The summed E-state index contributed by atoms with van der Waals surface area (Å²) in [6, 6.07) is 0.817. The lowest BCUT2D eigenvalue weighted by Gasteiger charge is -2.32. The summed E-state index contributed by atoms with van der Waals surface area (Å²) in [5.41, 5.74) is 0. The van der Waals surface area contributed by atoms with E-state index in [0.29, 0.717) is 0 Å². The van der Waals surface area contributed by atoms with E-state index in [1.807, 2.05) is 0 Å². The molecule has 1 aliphatic carbocycles. The van der Waals surface area contributed by atoms with Crippen molar-refractivity contribution in [1.29, 1.82) is 0 Å². The topological polar surface area (TPSA) is 15.3 Å². The number of rotatable bonds is 6. The van der Waals surface area contributed by atoms with Gasteiger partial charge in [0, 0.05) is 19.1 Å². The zero-order valence-corrected chi connectivity index (χ0v) is 13.2. The highest BCUT2D eigenvalue weighted by Crippen LogP contribution is 2.27. The van der Waals surface area contributed by atoms with E-state index in [2.05, 4.69) is 24.1 Å². The number of nitrogens with zero attached hydrogens (tertiary/aromatic N) is 1. The Hall–Kier alpha value is -0.0800. The molecular weight excluding hydrogens is 232 g/mol. The summed E-state index contributed by atoms with van der Waals surface area (Å²) in [6.07, 6.45) is 11.4. The molecule has 0 unspecified atom stereocenters. The van der Waals surface area contributed by atoms with Crippen LogP contribution >= 0.6 is 0 Å². The minimum Gasteiger partial charge on any atom is -0.313 e. The van der Waals surface area contributed by atoms with Gasteiger partial charge in [-0.15, -0.1) is 0 Å². The van der Waals surface area contributed by atoms with E-state index in [-0.39, 0.29) is 0 Å². The molecule has 2 heteroatoms. The Kier molecular flexibility index (Phi) is 6.66. The van der Waals surface area contributed by atoms with Crippen LogP contribution in [0.3, 0.4) is 0 Å². The minimum absolute atomic E-state index is 0.817. The Morgan fingerprint density at radius 3 is 2.32 bits per heavy atom. The van der Waals surface area contributed by atoms with Crippen LogP contribution in [0.15, 0.2) is 0 Å². The van der Waals surface area contributed by atoms with E-state index in [0.717, 1.165) is 17.9 Å². The van der Waals surface area contributed by atoms with Gasteiger partial charge in [-0.05, 0) is 63.5 Å². The molecule has 0 aromatic heterocycles. The van der Waals surface area contributed by atoms with Gasteiger partial charge in [0.05, 0.1) is 0 Å². The summed E-state index contributed by atoms with van der Waals surface area (Å²) in [5, 5.41) is 3.80. The van der Waals surface area contributed by atoms with E-state index in [4.69, 9.17) is 0 Å². The van der Waals surface area contributed by atoms with Crippen molar-refractivity contribution >= 4 is 0 Å². The second kappa shape index (κ2) is 8.26. The van der Waals surface area contributed by atoms with Gasteiger partial charge in [0.15, 0.2) is 0 Å². The number of likely N-dealkylation sites (tertiary alicyclic amines) is 1. The molecule has 0 spiro atoms. The average molecular weight is 266 g/mol. The number of piperidine rings is 1. The van der Waals surface area contributed by atoms with Crippen molar-refractivity contribution < 1.29 is 0 Å². The molecule has 0 bridgehead atoms. The summed E-state index contributed by atoms with van der Waals surface area (Å²) in [7, 11) is 0. The van der Waals surface area contributed by atoms with Crippen LogP contribution in [-0.2, 0) is 0 Å². The van der Waals surface area contributed by atoms with Crippen molar-refractivity contribution in [3.63, 3.8) is 0 Å². The fraction of sp³-hybridized carbons (Fsp3) is 1.00. The SMILES string of the molecule is CCCC1CCC(NCCN2CCC(C)CC2)CC1. The highest BCUT2D eigenvalue weighted by molar-refractivity contribution is 4.78. The van der Waals surface area contributed by atoms with Crippen LogP contribution in [0.5, 0.6) is 0 Å². The molecule has 112 valence electrons. The van der Waals surface area contributed by atoms with Gasteiger partial charge >= 0.3 is 0 Å². The fourth-order valence-corrected chi connectivity index (χ4v) is 3.78. The zero-order valence-electron chi connectivity index (χ0n) is 13.2. The first-order valence-corrected chi connectivity index (χ1v) is 8.73. The summed E-state index contributed by atoms with van der Waals surface area (Å²) in [6.45, 7) is 9.84. The van der Waals surface area contributed by atoms with E-state index >= 15 is 0 Å². The molecule has 1 N–H and O–H groups in total. The summed E-state index contributed by atoms with van der Waals surface area (Å²) >= 11 is 0. The standard InChI is InChI=1S/C17H34N2/c1-3-4-16-5-7-17(8-6-16)18-11-14-19-12-9-15(2)10-13-19/h15-18H,3-14H2,1-2H3. The molecule has 2 rings (SSSR count). The first-order valence-electron chi connectivity index (χ1n) is 8.73. The first kappa shape index (κ1) is 15.3. The van der Waals surface area contributed by atoms with E-state index in [1.165, 1.54) is 77.5 Å². The smallest absolute Gasteiger partial charge is 0.0107 e. The first-order chi connectivity index (χ1) is 9.28. The molecule has 0 atom stereocenters. The van der Waals surface area contributed by atoms with Gasteiger partial charge in [0.2, 0.25) is 0 Å². The quantitative estimate of drug-likeness (QED) is 0.789. The number of nitrogens with one attached hydrogen (secondary N) is 1. The van der Waals surface area contributed by atoms with E-state index < -0.39 is 0 Å². The Morgan fingerprint density at radius 2 is 1.68 bits per heavy atom. The number of hydrogen-bond donors (Lipinski definition) is 1. The molecule has 0 amide bonds. The Labute approximate surface area is 120 Å². The highest BCUT2D eigenvalue weighted by Gasteiger charge is 2.20. The monoisotopic (exact) mass is 266 g/mol. The van der Waals surface area contributed by atoms with Crippen molar-refractivity contribution in [2.24, 2.45) is 11.8 Å². The fourth-order valence-electron chi connectivity index (χ4n) is 3.78. The lowest BCUT2D eigenvalue weighted by molar-refractivity contribution is 0.187. The van der Waals surface area contributed by atoms with Gasteiger partial charge in [0.25, 0.3) is 0 Å². The molecule has 2 nitrogen and oxygen atoms in total. The Bertz CT molecular complexity index is 225. The van der Waals surface area contributed by atoms with Crippen molar-refractivity contribution in [2.45, 2.75) is 71.3 Å². The third-order valence-corrected chi connectivity index (χ3v) is 5.28. The van der Waals surface area contributed by atoms with Crippen LogP contribution in [-0.4, -0.2) is 37.1 Å². The Morgan fingerprint density at radius 1 is 1.00 bits per heavy atom. The molecule has 0 aromatic carbocycles. The van der Waals surface area contributed by atoms with Crippen LogP contribution in [0.1, 0.15) is 65.2 Å². The maximum absolute atomic E-state index is 3.80. The third-order valence-electron chi connectivity index (χ3n) is 5.28. The van der Waals surface area contributed by atoms with E-state index in [9.17, 15) is 0 Å². The van der Waals surface area contributed by atoms with Crippen LogP contribution in [0.4, 0.5) is 0 Å². The van der Waals surface area contributed by atoms with Crippen molar-refractivity contribution in [1.82, 2.24) is 10.2 Å². The summed E-state index contributed by atoms with van der Waals surface area (Å²) < 4.78 is 0. The molecule has 1 aliphatic heterocycles. The van der Waals surface area contributed by atoms with Crippen molar-refractivity contribution in [3.8, 4) is 0 Å². The molecule has 2 aliphatic rings. The van der Waals surface area contributed by atoms with Gasteiger partial charge < -0.3 is 10.2 Å². The zero-order chi connectivity index (χ0) is 13.5. The predicted molar refractivity (Wildman–Crippen MR) is 83.5 cm³/mol. The minimum atomic E-state index is 0.817. The lowest BCUT2D eigenvalue weighted by atomic mass is 9.83. The number of hydrogen-bond acceptors (Lipinski definition) is 2. The predicted octanol–water partition coefficient (Wildman–Crippen LogP) is 3.67. The normalized spacial score (nSPS) is 30.6. The van der Waals surface area contributed by atoms with Crippen LogP contribution in [0.2, 0.25) is 0 Å². The molecule has 1 saturated carbocycles. The van der Waals surface area contributed by atoms with Crippen LogP contribution in [0.25, 0.3) is 0 Å². The molecule has 1 heterocycles. The van der Waals surface area contributed by atoms with Crippen LogP contribution in [0, 0.1) is 11.8 Å². The molecule has 2 fully saturated rings. The lowest BCUT2D eigenvalue weighted by Crippen LogP contribution is -2.41. The molecule has 19 heavy (non-hydrogen) atoms. The maximum Gasteiger partial charge on any atom is 0.0107 e. The third kappa shape index (κ3) is 5.43. The highest BCUT2D eigenvalue weighted by atomic mass is 15.1. The molecule has 0 radical (unpaired) electrons. The van der Waals surface area contributed by atoms with Gasteiger partial charge in [0.1, 0.15) is 0 Å². The summed E-state index contributed by atoms with van der Waals surface area (Å²) in [4.78, 5) is 2.65. The van der Waals surface area contributed by atoms with Crippen molar-refractivity contribution in [2.75, 3.05) is 26.2 Å². The van der Waals surface area contributed by atoms with Crippen molar-refractivity contribution in [3.05, 3.63) is 0 Å². The Balaban J connectivity index is 1.52. The second-order valence-electron chi connectivity index (χ2n) is 6.98. The van der Waals surface area contributed by atoms with Crippen LogP contribution < -0.4 is 5.32 Å². The van der Waals surface area contributed by atoms with Gasteiger partial charge in [-0.3, -0.25) is 0 Å². The molecule has 0 aromatic rings. The van der Waals surface area contributed by atoms with Gasteiger partial charge in [-0.2, -0.15) is 0 Å². The van der Waals surface area contributed by atoms with E-state index in [1.54, 1.807) is 0 Å². The second-order valence-corrected chi connectivity index (χ2v) is 6.98. The largest absolute Gasteiger partial charge is 0.313 e. The molecule has 1 saturated heterocycles. The van der Waals surface area contributed by atoms with Gasteiger partial charge in [-0.25, -0.2) is 0 Å².